The molecule has 0 spiro atoms. The highest BCUT2D eigenvalue weighted by Crippen LogP contribution is 2.33. The molecule has 0 aliphatic carbocycles. The van der Waals surface area contributed by atoms with Crippen LogP contribution in [0.25, 0.3) is 11.3 Å². The molecule has 0 atom stereocenters. The summed E-state index contributed by atoms with van der Waals surface area (Å²) in [6.07, 6.45) is 0.736. The van der Waals surface area contributed by atoms with Crippen molar-refractivity contribution in [1.29, 1.82) is 0 Å². The van der Waals surface area contributed by atoms with E-state index in [4.69, 9.17) is 17.3 Å². The molecule has 2 N–H and O–H groups in total. The number of hydrogen-bond acceptors (Lipinski definition) is 3. The monoisotopic (exact) mass is 318 g/mol. The van der Waals surface area contributed by atoms with Crippen molar-refractivity contribution >= 4 is 28.1 Å². The summed E-state index contributed by atoms with van der Waals surface area (Å²) in [5.74, 6) is -0.437. The Kier molecular flexibility index (Phi) is 3.90. The van der Waals surface area contributed by atoms with Crippen molar-refractivity contribution in [3.05, 3.63) is 69.8 Å². The van der Waals surface area contributed by atoms with Crippen molar-refractivity contribution in [1.82, 2.24) is 4.98 Å². The van der Waals surface area contributed by atoms with Gasteiger partial charge in [-0.05, 0) is 23.8 Å². The summed E-state index contributed by atoms with van der Waals surface area (Å²) in [5, 5.41) is 0.584. The van der Waals surface area contributed by atoms with Gasteiger partial charge in [0.25, 0.3) is 0 Å². The molecule has 0 fully saturated rings. The maximum Gasteiger partial charge on any atom is 0.180 e. The third kappa shape index (κ3) is 3.06. The number of nitrogens with zero attached hydrogens (tertiary/aromatic N) is 1. The van der Waals surface area contributed by atoms with Crippen LogP contribution in [-0.4, -0.2) is 4.98 Å². The Morgan fingerprint density at radius 2 is 1.90 bits per heavy atom. The highest BCUT2D eigenvalue weighted by atomic mass is 35.5. The Hall–Kier alpha value is -1.91. The van der Waals surface area contributed by atoms with E-state index in [2.05, 4.69) is 17.1 Å². The topological polar surface area (TPSA) is 38.9 Å². The van der Waals surface area contributed by atoms with Crippen LogP contribution in [0, 0.1) is 5.82 Å². The van der Waals surface area contributed by atoms with Crippen LogP contribution in [0.1, 0.15) is 10.4 Å². The fourth-order valence-corrected chi connectivity index (χ4v) is 3.21. The number of hydrogen-bond donors (Lipinski definition) is 1. The molecule has 0 unspecified atom stereocenters. The van der Waals surface area contributed by atoms with Crippen LogP contribution in [0.2, 0.25) is 5.02 Å². The van der Waals surface area contributed by atoms with Crippen molar-refractivity contribution in [2.75, 3.05) is 5.73 Å². The smallest absolute Gasteiger partial charge is 0.180 e. The van der Waals surface area contributed by atoms with Gasteiger partial charge in [-0.3, -0.25) is 0 Å². The van der Waals surface area contributed by atoms with Crippen molar-refractivity contribution in [2.45, 2.75) is 6.42 Å². The van der Waals surface area contributed by atoms with E-state index in [1.54, 1.807) is 12.1 Å². The molecule has 2 nitrogen and oxygen atoms in total. The fraction of sp³-hybridized carbons (Fsp3) is 0.0625. The lowest BCUT2D eigenvalue weighted by Gasteiger charge is -2.04. The molecular formula is C16H12ClFN2S. The van der Waals surface area contributed by atoms with Gasteiger partial charge in [-0.25, -0.2) is 9.37 Å². The van der Waals surface area contributed by atoms with Gasteiger partial charge >= 0.3 is 0 Å². The summed E-state index contributed by atoms with van der Waals surface area (Å²) >= 11 is 7.30. The van der Waals surface area contributed by atoms with Crippen LogP contribution in [0.5, 0.6) is 0 Å². The molecule has 0 bridgehead atoms. The zero-order valence-electron chi connectivity index (χ0n) is 11.0. The van der Waals surface area contributed by atoms with E-state index < -0.39 is 5.82 Å². The third-order valence-electron chi connectivity index (χ3n) is 3.11. The Bertz CT molecular complexity index is 771. The average Bonchev–Trinajstić information content (AvgIpc) is 2.84. The van der Waals surface area contributed by atoms with Gasteiger partial charge in [-0.15, -0.1) is 11.3 Å². The van der Waals surface area contributed by atoms with Gasteiger partial charge in [-0.1, -0.05) is 41.9 Å². The quantitative estimate of drug-likeness (QED) is 0.755. The highest BCUT2D eigenvalue weighted by Gasteiger charge is 2.13. The summed E-state index contributed by atoms with van der Waals surface area (Å²) in [6.45, 7) is 0. The van der Waals surface area contributed by atoms with Crippen molar-refractivity contribution < 1.29 is 4.39 Å². The first kappa shape index (κ1) is 14.0. The summed E-state index contributed by atoms with van der Waals surface area (Å²) < 4.78 is 13.3. The Labute approximate surface area is 131 Å². The first-order valence-electron chi connectivity index (χ1n) is 6.38. The van der Waals surface area contributed by atoms with Crippen molar-refractivity contribution in [2.24, 2.45) is 0 Å². The van der Waals surface area contributed by atoms with Gasteiger partial charge in [-0.2, -0.15) is 0 Å². The zero-order chi connectivity index (χ0) is 14.8. The lowest BCUT2D eigenvalue weighted by molar-refractivity contribution is 0.628. The second-order valence-corrected chi connectivity index (χ2v) is 6.14. The molecule has 0 saturated heterocycles. The Morgan fingerprint density at radius 1 is 1.14 bits per heavy atom. The van der Waals surface area contributed by atoms with Gasteiger partial charge in [0.15, 0.2) is 5.13 Å². The van der Waals surface area contributed by atoms with Crippen LogP contribution in [0.3, 0.4) is 0 Å². The number of aromatic nitrogens is 1. The largest absolute Gasteiger partial charge is 0.375 e. The predicted molar refractivity (Wildman–Crippen MR) is 86.2 cm³/mol. The third-order valence-corrected chi connectivity index (χ3v) is 4.29. The number of anilines is 1. The van der Waals surface area contributed by atoms with E-state index in [0.717, 1.165) is 22.6 Å². The van der Waals surface area contributed by atoms with Gasteiger partial charge in [0.1, 0.15) is 5.82 Å². The maximum absolute atomic E-state index is 13.3. The second-order valence-electron chi connectivity index (χ2n) is 4.62. The lowest BCUT2D eigenvalue weighted by Crippen LogP contribution is -1.90. The molecule has 3 aromatic rings. The molecule has 2 aromatic carbocycles. The minimum atomic E-state index is -0.437. The number of nitrogens with two attached hydrogens (primary N) is 1. The Morgan fingerprint density at radius 3 is 2.62 bits per heavy atom. The first-order valence-corrected chi connectivity index (χ1v) is 7.57. The number of benzene rings is 2. The van der Waals surface area contributed by atoms with E-state index in [-0.39, 0.29) is 5.02 Å². The summed E-state index contributed by atoms with van der Waals surface area (Å²) in [7, 11) is 0. The van der Waals surface area contributed by atoms with Crippen molar-refractivity contribution in [3.8, 4) is 11.3 Å². The van der Waals surface area contributed by atoms with E-state index in [1.807, 2.05) is 18.2 Å². The van der Waals surface area contributed by atoms with Gasteiger partial charge in [0.2, 0.25) is 0 Å². The van der Waals surface area contributed by atoms with Crippen LogP contribution in [0.15, 0.2) is 48.5 Å². The number of nitrogen functional groups attached to an aromatic ring is 1. The van der Waals surface area contributed by atoms with Crippen LogP contribution in [0.4, 0.5) is 9.52 Å². The predicted octanol–water partition coefficient (Wildman–Crippen LogP) is 4.78. The average molecular weight is 319 g/mol. The molecule has 106 valence electrons. The van der Waals surface area contributed by atoms with Gasteiger partial charge in [0.05, 0.1) is 10.7 Å². The van der Waals surface area contributed by atoms with Crippen LogP contribution < -0.4 is 5.73 Å². The van der Waals surface area contributed by atoms with Gasteiger partial charge < -0.3 is 5.73 Å². The second kappa shape index (κ2) is 5.84. The Balaban J connectivity index is 2.01. The molecule has 1 heterocycles. The van der Waals surface area contributed by atoms with Crippen molar-refractivity contribution in [3.63, 3.8) is 0 Å². The number of halogens is 2. The van der Waals surface area contributed by atoms with E-state index in [9.17, 15) is 4.39 Å². The highest BCUT2D eigenvalue weighted by molar-refractivity contribution is 7.15. The maximum atomic E-state index is 13.3. The van der Waals surface area contributed by atoms with Crippen LogP contribution >= 0.6 is 22.9 Å². The van der Waals surface area contributed by atoms with E-state index >= 15 is 0 Å². The molecule has 0 saturated carbocycles. The molecule has 1 aromatic heterocycles. The normalized spacial score (nSPS) is 10.8. The first-order chi connectivity index (χ1) is 10.1. The molecule has 0 radical (unpaired) electrons. The number of rotatable bonds is 3. The number of thiazole rings is 1. The standard InChI is InChI=1S/C16H12ClFN2S/c17-12-9-11(6-7-13(12)18)15-14(21-16(19)20-15)8-10-4-2-1-3-5-10/h1-7,9H,8H2,(H2,19,20). The molecule has 21 heavy (non-hydrogen) atoms. The van der Waals surface area contributed by atoms with Gasteiger partial charge in [0, 0.05) is 16.9 Å². The molecule has 0 aliphatic heterocycles. The fourth-order valence-electron chi connectivity index (χ4n) is 2.14. The van der Waals surface area contributed by atoms with E-state index in [0.29, 0.717) is 5.13 Å². The molecular weight excluding hydrogens is 307 g/mol. The minimum Gasteiger partial charge on any atom is -0.375 e. The molecule has 0 aliphatic rings. The lowest BCUT2D eigenvalue weighted by atomic mass is 10.1. The molecule has 5 heteroatoms. The van der Waals surface area contributed by atoms with E-state index in [1.165, 1.54) is 23.0 Å². The summed E-state index contributed by atoms with van der Waals surface area (Å²) in [5.41, 5.74) is 8.56. The summed E-state index contributed by atoms with van der Waals surface area (Å²) in [4.78, 5) is 5.41. The summed E-state index contributed by atoms with van der Waals surface area (Å²) in [6, 6.07) is 14.7. The van der Waals surface area contributed by atoms with Crippen LogP contribution in [-0.2, 0) is 6.42 Å². The molecule has 0 amide bonds. The zero-order valence-corrected chi connectivity index (χ0v) is 12.6. The SMILES string of the molecule is Nc1nc(-c2ccc(F)c(Cl)c2)c(Cc2ccccc2)s1. The minimum absolute atomic E-state index is 0.0877. The molecule has 3 rings (SSSR count).